The van der Waals surface area contributed by atoms with Gasteiger partial charge in [0.15, 0.2) is 0 Å². The Labute approximate surface area is 152 Å². The van der Waals surface area contributed by atoms with Crippen LogP contribution in [-0.4, -0.2) is 5.91 Å². The van der Waals surface area contributed by atoms with Crippen LogP contribution in [0, 0.1) is 0 Å². The van der Waals surface area contributed by atoms with Gasteiger partial charge < -0.3 is 5.32 Å². The Bertz CT molecular complexity index is 856. The van der Waals surface area contributed by atoms with Gasteiger partial charge in [-0.1, -0.05) is 84.4 Å². The van der Waals surface area contributed by atoms with Crippen molar-refractivity contribution in [3.63, 3.8) is 0 Å². The zero-order valence-electron chi connectivity index (χ0n) is 13.7. The Kier molecular flexibility index (Phi) is 5.65. The molecule has 0 saturated carbocycles. The van der Waals surface area contributed by atoms with Crippen molar-refractivity contribution in [2.75, 3.05) is 0 Å². The summed E-state index contributed by atoms with van der Waals surface area (Å²) < 4.78 is 0. The van der Waals surface area contributed by atoms with Crippen molar-refractivity contribution in [3.05, 3.63) is 107 Å². The number of rotatable bonds is 5. The van der Waals surface area contributed by atoms with Gasteiger partial charge in [0.1, 0.15) is 0 Å². The van der Waals surface area contributed by atoms with E-state index in [1.165, 1.54) is 0 Å². The Hall–Kier alpha value is -2.84. The van der Waals surface area contributed by atoms with Crippen LogP contribution < -0.4 is 5.32 Å². The Balaban J connectivity index is 1.86. The Morgan fingerprint density at radius 3 is 2.08 bits per heavy atom. The molecule has 2 nitrogen and oxygen atoms in total. The predicted octanol–water partition coefficient (Wildman–Crippen LogP) is 5.20. The van der Waals surface area contributed by atoms with Crippen molar-refractivity contribution < 1.29 is 4.79 Å². The summed E-state index contributed by atoms with van der Waals surface area (Å²) >= 11 is 5.98. The fourth-order valence-electron chi connectivity index (χ4n) is 2.50. The largest absolute Gasteiger partial charge is 0.348 e. The molecule has 0 aliphatic rings. The van der Waals surface area contributed by atoms with Crippen molar-refractivity contribution in [2.24, 2.45) is 0 Å². The summed E-state index contributed by atoms with van der Waals surface area (Å²) in [6.07, 6.45) is 1.89. The molecule has 0 spiro atoms. The minimum absolute atomic E-state index is 0.116. The van der Waals surface area contributed by atoms with Crippen molar-refractivity contribution >= 4 is 29.2 Å². The van der Waals surface area contributed by atoms with Crippen LogP contribution in [0.1, 0.15) is 16.7 Å². The highest BCUT2D eigenvalue weighted by molar-refractivity contribution is 6.31. The van der Waals surface area contributed by atoms with Crippen LogP contribution in [0.25, 0.3) is 11.6 Å². The molecular weight excluding hydrogens is 330 g/mol. The van der Waals surface area contributed by atoms with E-state index in [4.69, 9.17) is 11.6 Å². The number of carbonyl (C=O) groups excluding carboxylic acids is 1. The molecule has 1 N–H and O–H groups in total. The maximum Gasteiger partial charge on any atom is 0.252 e. The first-order valence-electron chi connectivity index (χ1n) is 8.07. The number of amides is 1. The fourth-order valence-corrected chi connectivity index (χ4v) is 2.62. The molecule has 124 valence electrons. The van der Waals surface area contributed by atoms with Gasteiger partial charge in [-0.05, 0) is 34.9 Å². The summed E-state index contributed by atoms with van der Waals surface area (Å²) in [7, 11) is 0. The van der Waals surface area contributed by atoms with E-state index in [-0.39, 0.29) is 5.91 Å². The van der Waals surface area contributed by atoms with E-state index in [0.717, 1.165) is 16.7 Å². The van der Waals surface area contributed by atoms with Gasteiger partial charge in [-0.25, -0.2) is 0 Å². The summed E-state index contributed by atoms with van der Waals surface area (Å²) in [5.41, 5.74) is 3.48. The van der Waals surface area contributed by atoms with Crippen LogP contribution >= 0.6 is 11.6 Å². The standard InChI is InChI=1S/C22H18ClNO/c23-20-13-11-19(12-14-20)21(15-17-7-3-1-4-8-17)22(25)24-16-18-9-5-2-6-10-18/h1-15H,16H2,(H,24,25)/b21-15+. The van der Waals surface area contributed by atoms with Crippen molar-refractivity contribution in [1.82, 2.24) is 5.32 Å². The molecule has 0 aliphatic carbocycles. The fraction of sp³-hybridized carbons (Fsp3) is 0.0455. The summed E-state index contributed by atoms with van der Waals surface area (Å²) in [5, 5.41) is 3.64. The SMILES string of the molecule is O=C(NCc1ccccc1)/C(=C/c1ccccc1)c1ccc(Cl)cc1. The molecule has 0 atom stereocenters. The van der Waals surface area contributed by atoms with Crippen LogP contribution in [0.15, 0.2) is 84.9 Å². The van der Waals surface area contributed by atoms with Crippen molar-refractivity contribution in [2.45, 2.75) is 6.54 Å². The monoisotopic (exact) mass is 347 g/mol. The molecule has 3 heteroatoms. The average Bonchev–Trinajstić information content (AvgIpc) is 2.67. The second-order valence-corrected chi connectivity index (χ2v) is 6.08. The minimum Gasteiger partial charge on any atom is -0.348 e. The van der Waals surface area contributed by atoms with Crippen LogP contribution in [0.5, 0.6) is 0 Å². The lowest BCUT2D eigenvalue weighted by atomic mass is 10.0. The van der Waals surface area contributed by atoms with E-state index in [1.807, 2.05) is 78.9 Å². The topological polar surface area (TPSA) is 29.1 Å². The lowest BCUT2D eigenvalue weighted by molar-refractivity contribution is -0.115. The molecule has 0 aromatic heterocycles. The Morgan fingerprint density at radius 1 is 0.840 bits per heavy atom. The molecule has 0 radical (unpaired) electrons. The molecule has 0 fully saturated rings. The summed E-state index contributed by atoms with van der Waals surface area (Å²) in [6.45, 7) is 0.486. The number of halogens is 1. The number of hydrogen-bond acceptors (Lipinski definition) is 1. The van der Waals surface area contributed by atoms with Gasteiger partial charge in [-0.15, -0.1) is 0 Å². The number of nitrogens with one attached hydrogen (secondary N) is 1. The molecule has 0 heterocycles. The first kappa shape index (κ1) is 17.0. The third-order valence-electron chi connectivity index (χ3n) is 3.81. The highest BCUT2D eigenvalue weighted by Gasteiger charge is 2.12. The van der Waals surface area contributed by atoms with Gasteiger partial charge in [0.25, 0.3) is 5.91 Å². The summed E-state index contributed by atoms with van der Waals surface area (Å²) in [4.78, 5) is 12.8. The van der Waals surface area contributed by atoms with Gasteiger partial charge in [0.2, 0.25) is 0 Å². The van der Waals surface area contributed by atoms with Crippen LogP contribution in [0.3, 0.4) is 0 Å². The molecular formula is C22H18ClNO. The second-order valence-electron chi connectivity index (χ2n) is 5.64. The first-order valence-corrected chi connectivity index (χ1v) is 8.45. The molecule has 25 heavy (non-hydrogen) atoms. The zero-order valence-corrected chi connectivity index (χ0v) is 14.4. The molecule has 3 aromatic rings. The van der Waals surface area contributed by atoms with Gasteiger partial charge in [0, 0.05) is 17.1 Å². The average molecular weight is 348 g/mol. The predicted molar refractivity (Wildman–Crippen MR) is 104 cm³/mol. The third kappa shape index (κ3) is 4.82. The summed E-state index contributed by atoms with van der Waals surface area (Å²) in [6, 6.07) is 27.0. The number of carbonyl (C=O) groups is 1. The number of hydrogen-bond donors (Lipinski definition) is 1. The highest BCUT2D eigenvalue weighted by Crippen LogP contribution is 2.21. The maximum atomic E-state index is 12.8. The minimum atomic E-state index is -0.116. The Morgan fingerprint density at radius 2 is 1.44 bits per heavy atom. The quantitative estimate of drug-likeness (QED) is 0.499. The van der Waals surface area contributed by atoms with E-state index in [9.17, 15) is 4.79 Å². The normalized spacial score (nSPS) is 11.2. The van der Waals surface area contributed by atoms with E-state index in [2.05, 4.69) is 5.32 Å². The molecule has 0 saturated heterocycles. The van der Waals surface area contributed by atoms with Gasteiger partial charge in [-0.3, -0.25) is 4.79 Å². The van der Waals surface area contributed by atoms with Crippen LogP contribution in [-0.2, 0) is 11.3 Å². The number of benzene rings is 3. The van der Waals surface area contributed by atoms with E-state index < -0.39 is 0 Å². The molecule has 3 rings (SSSR count). The van der Waals surface area contributed by atoms with Crippen LogP contribution in [0.4, 0.5) is 0 Å². The summed E-state index contributed by atoms with van der Waals surface area (Å²) in [5.74, 6) is -0.116. The first-order chi connectivity index (χ1) is 12.2. The second kappa shape index (κ2) is 8.32. The molecule has 1 amide bonds. The van der Waals surface area contributed by atoms with Crippen LogP contribution in [0.2, 0.25) is 5.02 Å². The van der Waals surface area contributed by atoms with Crippen molar-refractivity contribution in [3.8, 4) is 0 Å². The maximum absolute atomic E-state index is 12.8. The lowest BCUT2D eigenvalue weighted by Gasteiger charge is -2.10. The molecule has 3 aromatic carbocycles. The van der Waals surface area contributed by atoms with Gasteiger partial charge in [0.05, 0.1) is 0 Å². The van der Waals surface area contributed by atoms with Gasteiger partial charge >= 0.3 is 0 Å². The van der Waals surface area contributed by atoms with E-state index in [1.54, 1.807) is 12.1 Å². The molecule has 0 bridgehead atoms. The van der Waals surface area contributed by atoms with E-state index >= 15 is 0 Å². The van der Waals surface area contributed by atoms with Gasteiger partial charge in [-0.2, -0.15) is 0 Å². The third-order valence-corrected chi connectivity index (χ3v) is 4.06. The van der Waals surface area contributed by atoms with E-state index in [0.29, 0.717) is 17.1 Å². The highest BCUT2D eigenvalue weighted by atomic mass is 35.5. The molecule has 0 unspecified atom stereocenters. The zero-order chi connectivity index (χ0) is 17.5. The smallest absolute Gasteiger partial charge is 0.252 e. The van der Waals surface area contributed by atoms with Crippen molar-refractivity contribution in [1.29, 1.82) is 0 Å². The lowest BCUT2D eigenvalue weighted by Crippen LogP contribution is -2.23. The molecule has 0 aliphatic heterocycles.